The van der Waals surface area contributed by atoms with Crippen LogP contribution in [0.15, 0.2) is 24.3 Å². The van der Waals surface area contributed by atoms with Gasteiger partial charge >= 0.3 is 0 Å². The summed E-state index contributed by atoms with van der Waals surface area (Å²) >= 11 is 6.28. The Morgan fingerprint density at radius 3 is 2.81 bits per heavy atom. The van der Waals surface area contributed by atoms with E-state index in [1.54, 1.807) is 6.07 Å². The molecule has 0 radical (unpaired) electrons. The molecule has 1 aliphatic rings. The average molecular weight is 320 g/mol. The van der Waals surface area contributed by atoms with Crippen LogP contribution in [0.25, 0.3) is 0 Å². The lowest BCUT2D eigenvalue weighted by Crippen LogP contribution is -2.13. The molecule has 1 aromatic heterocycles. The van der Waals surface area contributed by atoms with Crippen LogP contribution in [0.4, 0.5) is 10.1 Å². The summed E-state index contributed by atoms with van der Waals surface area (Å²) in [6.45, 7) is 0. The first-order valence-electron chi connectivity index (χ1n) is 6.57. The largest absolute Gasteiger partial charge is 0.389 e. The Kier molecular flexibility index (Phi) is 3.73. The van der Waals surface area contributed by atoms with Gasteiger partial charge in [0, 0.05) is 10.4 Å². The molecule has 0 aliphatic heterocycles. The second kappa shape index (κ2) is 5.54. The van der Waals surface area contributed by atoms with E-state index in [1.807, 2.05) is 6.07 Å². The van der Waals surface area contributed by atoms with Crippen molar-refractivity contribution >= 4 is 40.1 Å². The number of carbonyl (C=O) groups excluding carboxylic acids is 1. The van der Waals surface area contributed by atoms with Gasteiger partial charge in [-0.1, -0.05) is 12.2 Å². The molecule has 0 saturated heterocycles. The fourth-order valence-corrected chi connectivity index (χ4v) is 3.67. The van der Waals surface area contributed by atoms with E-state index in [1.165, 1.54) is 33.9 Å². The van der Waals surface area contributed by atoms with Crippen LogP contribution in [-0.2, 0) is 12.8 Å². The first kappa shape index (κ1) is 14.2. The summed E-state index contributed by atoms with van der Waals surface area (Å²) < 4.78 is 13.9. The van der Waals surface area contributed by atoms with Gasteiger partial charge in [0.1, 0.15) is 10.8 Å². The second-order valence-electron chi connectivity index (χ2n) is 4.93. The summed E-state index contributed by atoms with van der Waals surface area (Å²) in [5, 5.41) is 2.59. The lowest BCUT2D eigenvalue weighted by Gasteiger charge is -2.06. The number of thiophene rings is 1. The second-order valence-corrected chi connectivity index (χ2v) is 6.50. The van der Waals surface area contributed by atoms with Crippen molar-refractivity contribution in [2.75, 3.05) is 5.32 Å². The number of benzene rings is 1. The molecule has 6 heteroatoms. The zero-order valence-electron chi connectivity index (χ0n) is 11.1. The summed E-state index contributed by atoms with van der Waals surface area (Å²) in [5.74, 6) is -0.825. The molecule has 0 saturated carbocycles. The normalized spacial score (nSPS) is 13.0. The number of fused-ring (bicyclic) bond motifs is 1. The van der Waals surface area contributed by atoms with Crippen molar-refractivity contribution < 1.29 is 9.18 Å². The van der Waals surface area contributed by atoms with Gasteiger partial charge in [0.2, 0.25) is 0 Å². The molecule has 0 bridgehead atoms. The smallest absolute Gasteiger partial charge is 0.265 e. The number of nitrogens with one attached hydrogen (secondary N) is 1. The van der Waals surface area contributed by atoms with Gasteiger partial charge in [0.05, 0.1) is 10.6 Å². The van der Waals surface area contributed by atoms with E-state index in [0.29, 0.717) is 10.4 Å². The molecule has 3 N–H and O–H groups in total. The highest BCUT2D eigenvalue weighted by Crippen LogP contribution is 2.31. The maximum absolute atomic E-state index is 13.9. The molecule has 3 rings (SSSR count). The Balaban J connectivity index is 1.79. The molecule has 1 amide bonds. The van der Waals surface area contributed by atoms with E-state index in [9.17, 15) is 9.18 Å². The lowest BCUT2D eigenvalue weighted by atomic mass is 10.2. The lowest BCUT2D eigenvalue weighted by molar-refractivity contribution is 0.103. The van der Waals surface area contributed by atoms with Crippen LogP contribution < -0.4 is 11.1 Å². The van der Waals surface area contributed by atoms with Crippen LogP contribution in [0, 0.1) is 5.82 Å². The van der Waals surface area contributed by atoms with Crippen LogP contribution in [0.1, 0.15) is 32.1 Å². The van der Waals surface area contributed by atoms with Crippen molar-refractivity contribution in [3.05, 3.63) is 51.0 Å². The SMILES string of the molecule is NC(=S)c1ccc(NC(=O)c2cc3c(s2)CCC3)c(F)c1. The summed E-state index contributed by atoms with van der Waals surface area (Å²) in [4.78, 5) is 14.2. The van der Waals surface area contributed by atoms with Gasteiger partial charge in [-0.3, -0.25) is 4.79 Å². The maximum atomic E-state index is 13.9. The number of anilines is 1. The predicted molar refractivity (Wildman–Crippen MR) is 86.6 cm³/mol. The number of rotatable bonds is 3. The number of hydrogen-bond donors (Lipinski definition) is 2. The third-order valence-corrected chi connectivity index (χ3v) is 4.94. The van der Waals surface area contributed by atoms with E-state index in [-0.39, 0.29) is 16.6 Å². The van der Waals surface area contributed by atoms with Crippen molar-refractivity contribution in [1.29, 1.82) is 0 Å². The molecule has 0 atom stereocenters. The zero-order chi connectivity index (χ0) is 15.0. The molecule has 1 heterocycles. The average Bonchev–Trinajstić information content (AvgIpc) is 3.01. The number of aryl methyl sites for hydroxylation is 2. The van der Waals surface area contributed by atoms with Crippen molar-refractivity contribution in [1.82, 2.24) is 0 Å². The fourth-order valence-electron chi connectivity index (χ4n) is 2.39. The number of hydrogen-bond acceptors (Lipinski definition) is 3. The molecule has 1 aromatic carbocycles. The van der Waals surface area contributed by atoms with Crippen LogP contribution >= 0.6 is 23.6 Å². The minimum Gasteiger partial charge on any atom is -0.389 e. The Bertz CT molecular complexity index is 718. The number of carbonyl (C=O) groups is 1. The third kappa shape index (κ3) is 2.82. The zero-order valence-corrected chi connectivity index (χ0v) is 12.7. The Hall–Kier alpha value is -1.79. The molecule has 2 aromatic rings. The standard InChI is InChI=1S/C15H13FN2OS2/c16-10-6-9(14(17)20)4-5-11(10)18-15(19)13-7-8-2-1-3-12(8)21-13/h4-7H,1-3H2,(H2,17,20)(H,18,19). The molecule has 1 aliphatic carbocycles. The van der Waals surface area contributed by atoms with E-state index in [4.69, 9.17) is 18.0 Å². The fraction of sp³-hybridized carbons (Fsp3) is 0.200. The van der Waals surface area contributed by atoms with E-state index >= 15 is 0 Å². The van der Waals surface area contributed by atoms with Crippen molar-refractivity contribution in [2.24, 2.45) is 5.73 Å². The van der Waals surface area contributed by atoms with Crippen molar-refractivity contribution in [2.45, 2.75) is 19.3 Å². The van der Waals surface area contributed by atoms with E-state index in [0.717, 1.165) is 19.3 Å². The first-order chi connectivity index (χ1) is 10.0. The third-order valence-electron chi connectivity index (χ3n) is 3.47. The molecule has 108 valence electrons. The minimum atomic E-state index is -0.544. The molecule has 3 nitrogen and oxygen atoms in total. The number of thiocarbonyl (C=S) groups is 1. The highest BCUT2D eigenvalue weighted by molar-refractivity contribution is 7.80. The van der Waals surface area contributed by atoms with E-state index in [2.05, 4.69) is 5.32 Å². The topological polar surface area (TPSA) is 55.1 Å². The highest BCUT2D eigenvalue weighted by atomic mass is 32.1. The molecular formula is C15H13FN2OS2. The van der Waals surface area contributed by atoms with Gasteiger partial charge in [-0.05, 0) is 49.1 Å². The van der Waals surface area contributed by atoms with Crippen molar-refractivity contribution in [3.63, 3.8) is 0 Å². The predicted octanol–water partition coefficient (Wildman–Crippen LogP) is 3.26. The van der Waals surface area contributed by atoms with Crippen LogP contribution in [-0.4, -0.2) is 10.9 Å². The van der Waals surface area contributed by atoms with Crippen molar-refractivity contribution in [3.8, 4) is 0 Å². The van der Waals surface area contributed by atoms with Gasteiger partial charge < -0.3 is 11.1 Å². The number of amides is 1. The quantitative estimate of drug-likeness (QED) is 0.854. The van der Waals surface area contributed by atoms with Gasteiger partial charge in [0.25, 0.3) is 5.91 Å². The van der Waals surface area contributed by atoms with Crippen LogP contribution in [0.3, 0.4) is 0 Å². The van der Waals surface area contributed by atoms with Crippen LogP contribution in [0.5, 0.6) is 0 Å². The Morgan fingerprint density at radius 2 is 2.14 bits per heavy atom. The first-order valence-corrected chi connectivity index (χ1v) is 7.79. The van der Waals surface area contributed by atoms with Gasteiger partial charge in [-0.25, -0.2) is 4.39 Å². The van der Waals surface area contributed by atoms with Gasteiger partial charge in [-0.2, -0.15) is 0 Å². The minimum absolute atomic E-state index is 0.126. The number of halogens is 1. The van der Waals surface area contributed by atoms with Crippen LogP contribution in [0.2, 0.25) is 0 Å². The Morgan fingerprint density at radius 1 is 1.33 bits per heavy atom. The molecule has 0 unspecified atom stereocenters. The summed E-state index contributed by atoms with van der Waals surface area (Å²) in [5.41, 5.74) is 7.26. The van der Waals surface area contributed by atoms with E-state index < -0.39 is 5.82 Å². The highest BCUT2D eigenvalue weighted by Gasteiger charge is 2.19. The molecule has 0 fully saturated rings. The summed E-state index contributed by atoms with van der Waals surface area (Å²) in [7, 11) is 0. The summed E-state index contributed by atoms with van der Waals surface area (Å²) in [6, 6.07) is 6.20. The number of nitrogens with two attached hydrogens (primary N) is 1. The van der Waals surface area contributed by atoms with Gasteiger partial charge in [0.15, 0.2) is 0 Å². The molecular weight excluding hydrogens is 307 g/mol. The Labute approximate surface area is 131 Å². The monoisotopic (exact) mass is 320 g/mol. The summed E-state index contributed by atoms with van der Waals surface area (Å²) in [6.07, 6.45) is 3.21. The van der Waals surface area contributed by atoms with Gasteiger partial charge in [-0.15, -0.1) is 11.3 Å². The molecule has 21 heavy (non-hydrogen) atoms. The maximum Gasteiger partial charge on any atom is 0.265 e. The molecule has 0 spiro atoms.